The molecule has 0 radical (unpaired) electrons. The lowest BCUT2D eigenvalue weighted by Crippen LogP contribution is -2.75. The first kappa shape index (κ1) is 31.9. The molecule has 2 saturated carbocycles. The van der Waals surface area contributed by atoms with Gasteiger partial charge in [-0.3, -0.25) is 14.5 Å². The van der Waals surface area contributed by atoms with Crippen LogP contribution in [0, 0.1) is 11.3 Å². The molecule has 4 unspecified atom stereocenters. The fourth-order valence-electron chi connectivity index (χ4n) is 8.99. The van der Waals surface area contributed by atoms with Crippen LogP contribution in [0.3, 0.4) is 0 Å². The van der Waals surface area contributed by atoms with E-state index in [1.807, 2.05) is 61.7 Å². The highest BCUT2D eigenvalue weighted by atomic mass is 16.8. The third-order valence-electron chi connectivity index (χ3n) is 11.0. The summed E-state index contributed by atoms with van der Waals surface area (Å²) in [5.74, 6) is -1.72. The molecule has 2 aliphatic heterocycles. The minimum absolute atomic E-state index is 0.0974. The van der Waals surface area contributed by atoms with E-state index in [0.29, 0.717) is 24.8 Å². The van der Waals surface area contributed by atoms with Gasteiger partial charge in [0.05, 0.1) is 6.54 Å². The molecule has 1 saturated heterocycles. The number of ether oxygens (including phenoxy) is 3. The first-order valence-corrected chi connectivity index (χ1v) is 16.1. The molecule has 3 aliphatic carbocycles. The van der Waals surface area contributed by atoms with Crippen molar-refractivity contribution in [1.29, 1.82) is 0 Å². The highest BCUT2D eigenvalue weighted by molar-refractivity contribution is 5.97. The van der Waals surface area contributed by atoms with E-state index in [1.54, 1.807) is 11.0 Å². The number of fused-ring (bicyclic) bond motifs is 9. The zero-order valence-electron chi connectivity index (χ0n) is 27.6. The van der Waals surface area contributed by atoms with Gasteiger partial charge in [-0.25, -0.2) is 0 Å². The molecule has 7 rings (SSSR count). The van der Waals surface area contributed by atoms with Crippen molar-refractivity contribution in [1.82, 2.24) is 9.88 Å². The van der Waals surface area contributed by atoms with Crippen LogP contribution in [0.15, 0.2) is 35.9 Å². The molecule has 236 valence electrons. The van der Waals surface area contributed by atoms with Gasteiger partial charge in [0.25, 0.3) is 0 Å². The topological polar surface area (TPSA) is 101 Å². The van der Waals surface area contributed by atoms with Crippen molar-refractivity contribution in [2.75, 3.05) is 20.6 Å². The van der Waals surface area contributed by atoms with E-state index in [2.05, 4.69) is 37.0 Å². The van der Waals surface area contributed by atoms with Crippen molar-refractivity contribution in [3.63, 3.8) is 0 Å². The Morgan fingerprint density at radius 3 is 2.44 bits per heavy atom. The highest BCUT2D eigenvalue weighted by Gasteiger charge is 2.78. The number of nitrogens with zero attached hydrogens (tertiary/aromatic N) is 1. The SMILES string of the molecule is CC.CC.CN(C)CC(=O)O[C@H]1CC2Cc3c([nH]c4ccccc34)[C@]2(C)C2(C)CCC34OC(C(=O)C=C3[C@]12O)C(C)(C)O4. The number of esters is 1. The number of aromatic amines is 1. The van der Waals surface area contributed by atoms with Gasteiger partial charge < -0.3 is 24.3 Å². The molecule has 2 bridgehead atoms. The quantitative estimate of drug-likeness (QED) is 0.455. The number of para-hydroxylation sites is 1. The van der Waals surface area contributed by atoms with Crippen molar-refractivity contribution < 1.29 is 28.9 Å². The summed E-state index contributed by atoms with van der Waals surface area (Å²) in [6.45, 7) is 16.2. The van der Waals surface area contributed by atoms with Crippen molar-refractivity contribution in [3.8, 4) is 0 Å². The van der Waals surface area contributed by atoms with Gasteiger partial charge in [0.1, 0.15) is 17.3 Å². The predicted octanol–water partition coefficient (Wildman–Crippen LogP) is 5.46. The number of carbonyl (C=O) groups excluding carboxylic acids is 2. The molecule has 3 fully saturated rings. The summed E-state index contributed by atoms with van der Waals surface area (Å²) < 4.78 is 19.1. The first-order valence-electron chi connectivity index (χ1n) is 16.1. The molecule has 5 aliphatic rings. The van der Waals surface area contributed by atoms with Crippen LogP contribution in [-0.4, -0.2) is 76.6 Å². The van der Waals surface area contributed by atoms with Crippen LogP contribution in [0.5, 0.6) is 0 Å². The summed E-state index contributed by atoms with van der Waals surface area (Å²) in [4.78, 5) is 32.0. The molecule has 8 heteroatoms. The summed E-state index contributed by atoms with van der Waals surface area (Å²) in [7, 11) is 3.62. The van der Waals surface area contributed by atoms with Crippen LogP contribution >= 0.6 is 0 Å². The molecule has 1 aromatic heterocycles. The molecule has 8 nitrogen and oxygen atoms in total. The monoisotopic (exact) mass is 594 g/mol. The van der Waals surface area contributed by atoms with Gasteiger partial charge in [-0.2, -0.15) is 0 Å². The van der Waals surface area contributed by atoms with E-state index in [1.165, 1.54) is 10.9 Å². The molecular formula is C35H50N2O6. The number of ketones is 1. The second-order valence-corrected chi connectivity index (χ2v) is 13.6. The summed E-state index contributed by atoms with van der Waals surface area (Å²) in [6.07, 6.45) is 2.33. The van der Waals surface area contributed by atoms with Gasteiger partial charge in [0.2, 0.25) is 0 Å². The third-order valence-corrected chi connectivity index (χ3v) is 11.0. The largest absolute Gasteiger partial charge is 0.458 e. The standard InChI is InChI=1S/C31H38N2O6.2C2H6/c1-27(2)26-21(34)15-22-30(38-26,39-27)12-11-28(3)29(4)17(13-19-18-9-7-8-10-20(18)32-25(19)29)14-23(31(22,28)36)37-24(35)16-33(5)6;2*1-2/h7-10,15,17,23,26,32,36H,11-14,16H2,1-6H3;2*1-2H3/t17?,23-,26?,28?,29+,30?,31-;;/m0../s1. The number of likely N-dealkylation sites (N-methyl/N-ethyl adjacent to an activating group) is 1. The van der Waals surface area contributed by atoms with E-state index in [-0.39, 0.29) is 18.2 Å². The maximum atomic E-state index is 13.4. The number of H-pyrrole nitrogens is 1. The van der Waals surface area contributed by atoms with E-state index in [4.69, 9.17) is 14.2 Å². The zero-order chi connectivity index (χ0) is 31.8. The van der Waals surface area contributed by atoms with Gasteiger partial charge in [-0.15, -0.1) is 0 Å². The van der Waals surface area contributed by atoms with Gasteiger partial charge in [-0.1, -0.05) is 59.7 Å². The van der Waals surface area contributed by atoms with Crippen LogP contribution in [0.25, 0.3) is 10.9 Å². The Bertz CT molecular complexity index is 1460. The second-order valence-electron chi connectivity index (χ2n) is 13.6. The lowest BCUT2D eigenvalue weighted by molar-refractivity contribution is -0.277. The molecule has 1 aromatic carbocycles. The zero-order valence-corrected chi connectivity index (χ0v) is 27.6. The molecule has 0 amide bonds. The number of rotatable bonds is 3. The van der Waals surface area contributed by atoms with Gasteiger partial charge in [0, 0.05) is 39.4 Å². The Labute approximate surface area is 256 Å². The van der Waals surface area contributed by atoms with Gasteiger partial charge in [0.15, 0.2) is 17.7 Å². The second kappa shape index (κ2) is 10.5. The van der Waals surface area contributed by atoms with E-state index in [9.17, 15) is 14.7 Å². The Hall–Kier alpha value is -2.52. The number of carbonyl (C=O) groups is 2. The Morgan fingerprint density at radius 1 is 1.09 bits per heavy atom. The van der Waals surface area contributed by atoms with Crippen molar-refractivity contribution >= 4 is 22.7 Å². The van der Waals surface area contributed by atoms with Crippen molar-refractivity contribution in [2.24, 2.45) is 11.3 Å². The minimum Gasteiger partial charge on any atom is -0.458 e. The Morgan fingerprint density at radius 2 is 1.77 bits per heavy atom. The number of aliphatic hydroxyl groups is 1. The summed E-state index contributed by atoms with van der Waals surface area (Å²) in [5.41, 5.74) is 0.109. The summed E-state index contributed by atoms with van der Waals surface area (Å²) in [5, 5.41) is 14.4. The highest BCUT2D eigenvalue weighted by Crippen LogP contribution is 2.72. The molecule has 43 heavy (non-hydrogen) atoms. The van der Waals surface area contributed by atoms with Gasteiger partial charge in [-0.05, 0) is 70.8 Å². The number of nitrogens with one attached hydrogen (secondary N) is 1. The molecule has 3 heterocycles. The lowest BCUT2D eigenvalue weighted by Gasteiger charge is -2.67. The normalized spacial score (nSPS) is 38.0. The van der Waals surface area contributed by atoms with Crippen LogP contribution < -0.4 is 0 Å². The maximum Gasteiger partial charge on any atom is 0.320 e. The molecule has 2 N–H and O–H groups in total. The van der Waals surface area contributed by atoms with Crippen molar-refractivity contribution in [2.45, 2.75) is 116 Å². The van der Waals surface area contributed by atoms with Gasteiger partial charge >= 0.3 is 5.97 Å². The average Bonchev–Trinajstić information content (AvgIpc) is 3.55. The molecular weight excluding hydrogens is 544 g/mol. The van der Waals surface area contributed by atoms with Crippen molar-refractivity contribution in [3.05, 3.63) is 47.2 Å². The van der Waals surface area contributed by atoms with E-state index < -0.39 is 46.0 Å². The smallest absolute Gasteiger partial charge is 0.320 e. The predicted molar refractivity (Wildman–Crippen MR) is 167 cm³/mol. The molecule has 2 aromatic rings. The Balaban J connectivity index is 0.000000885. The minimum atomic E-state index is -1.68. The number of hydrogen-bond acceptors (Lipinski definition) is 7. The van der Waals surface area contributed by atoms with Crippen LogP contribution in [0.2, 0.25) is 0 Å². The Kier molecular flexibility index (Phi) is 7.82. The number of hydrogen-bond donors (Lipinski definition) is 2. The first-order chi connectivity index (χ1) is 20.3. The maximum absolute atomic E-state index is 13.4. The van der Waals surface area contributed by atoms with Crippen LogP contribution in [-0.2, 0) is 35.6 Å². The number of benzene rings is 1. The van der Waals surface area contributed by atoms with Crippen LogP contribution in [0.4, 0.5) is 0 Å². The van der Waals surface area contributed by atoms with E-state index in [0.717, 1.165) is 17.6 Å². The molecule has 7 atom stereocenters. The number of aromatic nitrogens is 1. The lowest BCUT2D eigenvalue weighted by atomic mass is 9.41. The van der Waals surface area contributed by atoms with Crippen LogP contribution in [0.1, 0.15) is 85.9 Å². The average molecular weight is 595 g/mol. The van der Waals surface area contributed by atoms with E-state index >= 15 is 0 Å². The fourth-order valence-corrected chi connectivity index (χ4v) is 8.99. The summed E-state index contributed by atoms with van der Waals surface area (Å²) in [6, 6.07) is 8.33. The fraction of sp³-hybridized carbons (Fsp3) is 0.657. The summed E-state index contributed by atoms with van der Waals surface area (Å²) >= 11 is 0. The third kappa shape index (κ3) is 4.09. The molecule has 1 spiro atoms.